The van der Waals surface area contributed by atoms with Crippen molar-refractivity contribution in [2.75, 3.05) is 11.1 Å². The lowest BCUT2D eigenvalue weighted by molar-refractivity contribution is 0.0980. The SMILES string of the molecule is C=CCc1cccc(Nc2cc(S(=O)(=O)O)c(N)c3c2C(=O)c2ccccc2C3=O)c1. The third kappa shape index (κ3) is 3.52. The standard InChI is InChI=1S/C23H18N2O5S/c1-2-6-13-7-5-8-14(11-13)25-17-12-18(31(28,29)30)21(24)20-19(17)22(26)15-9-3-4-10-16(15)23(20)27/h2-5,7-12,25H,1,6,24H2,(H,28,29,30). The summed E-state index contributed by atoms with van der Waals surface area (Å²) in [7, 11) is -4.76. The van der Waals surface area contributed by atoms with Crippen LogP contribution in [0.1, 0.15) is 37.4 Å². The summed E-state index contributed by atoms with van der Waals surface area (Å²) in [5.41, 5.74) is 7.10. The van der Waals surface area contributed by atoms with Crippen LogP contribution in [0, 0.1) is 0 Å². The highest BCUT2D eigenvalue weighted by molar-refractivity contribution is 7.86. The van der Waals surface area contributed by atoms with Gasteiger partial charge in [0.1, 0.15) is 4.90 Å². The van der Waals surface area contributed by atoms with E-state index in [4.69, 9.17) is 5.73 Å². The fourth-order valence-corrected chi connectivity index (χ4v) is 4.35. The van der Waals surface area contributed by atoms with Gasteiger partial charge in [0.15, 0.2) is 11.6 Å². The number of allylic oxidation sites excluding steroid dienone is 1. The van der Waals surface area contributed by atoms with E-state index < -0.39 is 32.3 Å². The van der Waals surface area contributed by atoms with E-state index in [0.717, 1.165) is 11.6 Å². The van der Waals surface area contributed by atoms with E-state index in [1.54, 1.807) is 36.4 Å². The van der Waals surface area contributed by atoms with Crippen molar-refractivity contribution in [2.45, 2.75) is 11.3 Å². The second-order valence-corrected chi connectivity index (χ2v) is 8.47. The average Bonchev–Trinajstić information content (AvgIpc) is 2.72. The van der Waals surface area contributed by atoms with Crippen molar-refractivity contribution in [3.63, 3.8) is 0 Å². The van der Waals surface area contributed by atoms with Crippen LogP contribution in [-0.4, -0.2) is 24.5 Å². The molecule has 1 aliphatic carbocycles. The van der Waals surface area contributed by atoms with E-state index in [2.05, 4.69) is 11.9 Å². The van der Waals surface area contributed by atoms with Crippen LogP contribution in [-0.2, 0) is 16.5 Å². The molecule has 8 heteroatoms. The smallest absolute Gasteiger partial charge is 0.296 e. The summed E-state index contributed by atoms with van der Waals surface area (Å²) in [4.78, 5) is 25.8. The molecule has 0 atom stereocenters. The van der Waals surface area contributed by atoms with Crippen molar-refractivity contribution in [1.29, 1.82) is 0 Å². The Morgan fingerprint density at radius 2 is 1.61 bits per heavy atom. The van der Waals surface area contributed by atoms with Gasteiger partial charge in [-0.25, -0.2) is 0 Å². The minimum atomic E-state index is -4.76. The Morgan fingerprint density at radius 3 is 2.23 bits per heavy atom. The average molecular weight is 434 g/mol. The number of nitrogens with one attached hydrogen (secondary N) is 1. The topological polar surface area (TPSA) is 127 Å². The van der Waals surface area contributed by atoms with Gasteiger partial charge in [-0.1, -0.05) is 42.5 Å². The summed E-state index contributed by atoms with van der Waals surface area (Å²) in [5.74, 6) is -1.06. The lowest BCUT2D eigenvalue weighted by atomic mass is 9.82. The molecule has 156 valence electrons. The van der Waals surface area contributed by atoms with Gasteiger partial charge in [-0.05, 0) is 30.2 Å². The summed E-state index contributed by atoms with van der Waals surface area (Å²) in [6.45, 7) is 3.70. The van der Waals surface area contributed by atoms with Gasteiger partial charge in [-0.15, -0.1) is 6.58 Å². The number of carbonyl (C=O) groups is 2. The van der Waals surface area contributed by atoms with Crippen molar-refractivity contribution in [3.8, 4) is 0 Å². The van der Waals surface area contributed by atoms with Gasteiger partial charge in [0.25, 0.3) is 10.1 Å². The number of hydrogen-bond donors (Lipinski definition) is 3. The van der Waals surface area contributed by atoms with Crippen LogP contribution in [0.15, 0.2) is 72.1 Å². The molecule has 1 aliphatic rings. The van der Waals surface area contributed by atoms with Crippen molar-refractivity contribution in [3.05, 3.63) is 95.1 Å². The number of fused-ring (bicyclic) bond motifs is 2. The quantitative estimate of drug-likeness (QED) is 0.248. The summed E-state index contributed by atoms with van der Waals surface area (Å²) in [6.07, 6.45) is 2.34. The van der Waals surface area contributed by atoms with Crippen LogP contribution in [0.2, 0.25) is 0 Å². The Bertz CT molecular complexity index is 1380. The normalized spacial score (nSPS) is 12.8. The van der Waals surface area contributed by atoms with Crippen LogP contribution in [0.4, 0.5) is 17.1 Å². The summed E-state index contributed by atoms with van der Waals surface area (Å²) in [6, 6.07) is 14.5. The second-order valence-electron chi connectivity index (χ2n) is 7.08. The van der Waals surface area contributed by atoms with Crippen LogP contribution in [0.25, 0.3) is 0 Å². The van der Waals surface area contributed by atoms with Gasteiger partial charge >= 0.3 is 0 Å². The summed E-state index contributed by atoms with van der Waals surface area (Å²) >= 11 is 0. The summed E-state index contributed by atoms with van der Waals surface area (Å²) in [5, 5.41) is 3.01. The van der Waals surface area contributed by atoms with Crippen molar-refractivity contribution >= 4 is 38.7 Å². The fraction of sp³-hybridized carbons (Fsp3) is 0.0435. The molecular weight excluding hydrogens is 416 g/mol. The molecule has 4 rings (SSSR count). The first-order valence-electron chi connectivity index (χ1n) is 9.31. The molecule has 3 aromatic carbocycles. The minimum Gasteiger partial charge on any atom is -0.397 e. The molecule has 0 radical (unpaired) electrons. The molecule has 0 saturated carbocycles. The second kappa shape index (κ2) is 7.50. The summed E-state index contributed by atoms with van der Waals surface area (Å²) < 4.78 is 33.6. The molecule has 3 aromatic rings. The third-order valence-electron chi connectivity index (χ3n) is 5.06. The molecule has 0 fully saturated rings. The number of nitrogens with two attached hydrogens (primary N) is 1. The van der Waals surface area contributed by atoms with Crippen LogP contribution >= 0.6 is 0 Å². The van der Waals surface area contributed by atoms with Gasteiger partial charge < -0.3 is 11.1 Å². The van der Waals surface area contributed by atoms with E-state index in [9.17, 15) is 22.6 Å². The number of benzene rings is 3. The zero-order valence-electron chi connectivity index (χ0n) is 16.3. The highest BCUT2D eigenvalue weighted by atomic mass is 32.2. The molecule has 0 spiro atoms. The molecule has 4 N–H and O–H groups in total. The number of nitrogen functional groups attached to an aromatic ring is 1. The largest absolute Gasteiger partial charge is 0.397 e. The van der Waals surface area contributed by atoms with E-state index in [1.807, 2.05) is 6.07 Å². The van der Waals surface area contributed by atoms with E-state index in [-0.39, 0.29) is 27.9 Å². The van der Waals surface area contributed by atoms with E-state index >= 15 is 0 Å². The van der Waals surface area contributed by atoms with Gasteiger partial charge in [0, 0.05) is 16.8 Å². The molecule has 0 heterocycles. The first-order chi connectivity index (χ1) is 14.7. The van der Waals surface area contributed by atoms with Crippen molar-refractivity contribution < 1.29 is 22.6 Å². The van der Waals surface area contributed by atoms with Gasteiger partial charge in [-0.3, -0.25) is 14.1 Å². The van der Waals surface area contributed by atoms with E-state index in [0.29, 0.717) is 12.1 Å². The third-order valence-corrected chi connectivity index (χ3v) is 5.96. The highest BCUT2D eigenvalue weighted by Crippen LogP contribution is 2.40. The predicted octanol–water partition coefficient (Wildman–Crippen LogP) is 3.76. The number of hydrogen-bond acceptors (Lipinski definition) is 6. The zero-order valence-corrected chi connectivity index (χ0v) is 17.1. The molecule has 0 saturated heterocycles. The van der Waals surface area contributed by atoms with Crippen molar-refractivity contribution in [2.24, 2.45) is 0 Å². The number of carbonyl (C=O) groups excluding carboxylic acids is 2. The minimum absolute atomic E-state index is 0.0391. The predicted molar refractivity (Wildman–Crippen MR) is 118 cm³/mol. The van der Waals surface area contributed by atoms with Gasteiger partial charge in [-0.2, -0.15) is 8.42 Å². The molecule has 0 unspecified atom stereocenters. The molecule has 7 nitrogen and oxygen atoms in total. The number of anilines is 3. The maximum absolute atomic E-state index is 13.3. The van der Waals surface area contributed by atoms with Gasteiger partial charge in [0.05, 0.1) is 22.5 Å². The van der Waals surface area contributed by atoms with Gasteiger partial charge in [0.2, 0.25) is 0 Å². The van der Waals surface area contributed by atoms with Crippen LogP contribution < -0.4 is 11.1 Å². The molecule has 0 bridgehead atoms. The number of ketones is 2. The van der Waals surface area contributed by atoms with E-state index in [1.165, 1.54) is 12.1 Å². The fourth-order valence-electron chi connectivity index (χ4n) is 3.70. The first-order valence-corrected chi connectivity index (χ1v) is 10.8. The highest BCUT2D eigenvalue weighted by Gasteiger charge is 2.36. The molecule has 0 aliphatic heterocycles. The molecule has 0 aromatic heterocycles. The van der Waals surface area contributed by atoms with Crippen molar-refractivity contribution in [1.82, 2.24) is 0 Å². The monoisotopic (exact) mass is 434 g/mol. The maximum atomic E-state index is 13.3. The Labute approximate surface area is 179 Å². The molecular formula is C23H18N2O5S. The lowest BCUT2D eigenvalue weighted by Crippen LogP contribution is -2.25. The Morgan fingerprint density at radius 1 is 0.968 bits per heavy atom. The molecule has 31 heavy (non-hydrogen) atoms. The molecule has 0 amide bonds. The number of rotatable bonds is 5. The maximum Gasteiger partial charge on any atom is 0.296 e. The lowest BCUT2D eigenvalue weighted by Gasteiger charge is -2.23. The Kier molecular flexibility index (Phi) is 4.96. The van der Waals surface area contributed by atoms with Crippen LogP contribution in [0.3, 0.4) is 0 Å². The Balaban J connectivity index is 1.98. The Hall–Kier alpha value is -3.75. The first kappa shape index (κ1) is 20.5. The van der Waals surface area contributed by atoms with Crippen LogP contribution in [0.5, 0.6) is 0 Å². The zero-order chi connectivity index (χ0) is 22.3.